The Bertz CT molecular complexity index is 1360. The number of esters is 1. The molecule has 176 valence electrons. The van der Waals surface area contributed by atoms with Crippen LogP contribution in [0.4, 0.5) is 11.4 Å². The Kier molecular flexibility index (Phi) is 7.38. The lowest BCUT2D eigenvalue weighted by molar-refractivity contribution is -0.394. The van der Waals surface area contributed by atoms with E-state index in [1.807, 2.05) is 0 Å². The number of rotatable bonds is 8. The van der Waals surface area contributed by atoms with Crippen molar-refractivity contribution in [2.24, 2.45) is 0 Å². The number of allylic oxidation sites excluding steroid dienone is 1. The lowest BCUT2D eigenvalue weighted by Gasteiger charge is -2.09. The van der Waals surface area contributed by atoms with Crippen LogP contribution in [0.5, 0.6) is 17.2 Å². The molecule has 0 aromatic heterocycles. The van der Waals surface area contributed by atoms with E-state index >= 15 is 0 Å². The van der Waals surface area contributed by atoms with Crippen LogP contribution >= 0.6 is 0 Å². The maximum atomic E-state index is 12.5. The van der Waals surface area contributed by atoms with Crippen molar-refractivity contribution in [3.05, 3.63) is 97.6 Å². The largest absolute Gasteiger partial charge is 0.493 e. The monoisotopic (exact) mass is 475 g/mol. The molecular formula is C24H17N3O8. The van der Waals surface area contributed by atoms with Gasteiger partial charge in [-0.2, -0.15) is 5.26 Å². The van der Waals surface area contributed by atoms with Gasteiger partial charge < -0.3 is 14.2 Å². The van der Waals surface area contributed by atoms with Crippen LogP contribution in [-0.4, -0.2) is 30.0 Å². The molecule has 3 rings (SSSR count). The third-order valence-corrected chi connectivity index (χ3v) is 4.75. The summed E-state index contributed by atoms with van der Waals surface area (Å²) in [7, 11) is 2.97. The average molecular weight is 475 g/mol. The highest BCUT2D eigenvalue weighted by Gasteiger charge is 2.21. The zero-order valence-corrected chi connectivity index (χ0v) is 18.5. The Morgan fingerprint density at radius 3 is 2.11 bits per heavy atom. The number of nitrogens with zero attached hydrogens (tertiary/aromatic N) is 3. The zero-order chi connectivity index (χ0) is 25.5. The van der Waals surface area contributed by atoms with Gasteiger partial charge in [0.05, 0.1) is 47.3 Å². The first-order chi connectivity index (χ1) is 16.7. The summed E-state index contributed by atoms with van der Waals surface area (Å²) in [6.45, 7) is 0. The minimum atomic E-state index is -1.02. The van der Waals surface area contributed by atoms with Gasteiger partial charge in [0.25, 0.3) is 11.4 Å². The van der Waals surface area contributed by atoms with Crippen molar-refractivity contribution in [1.82, 2.24) is 0 Å². The van der Waals surface area contributed by atoms with Crippen molar-refractivity contribution in [3.63, 3.8) is 0 Å². The summed E-state index contributed by atoms with van der Waals surface area (Å²) in [6.07, 6.45) is 1.57. The highest BCUT2D eigenvalue weighted by Crippen LogP contribution is 2.31. The molecule has 0 radical (unpaired) electrons. The maximum absolute atomic E-state index is 12.5. The fourth-order valence-corrected chi connectivity index (χ4v) is 3.11. The number of methoxy groups -OCH3 is 2. The summed E-state index contributed by atoms with van der Waals surface area (Å²) >= 11 is 0. The van der Waals surface area contributed by atoms with E-state index in [9.17, 15) is 30.3 Å². The Morgan fingerprint density at radius 1 is 0.886 bits per heavy atom. The van der Waals surface area contributed by atoms with E-state index < -0.39 is 27.2 Å². The molecule has 0 fully saturated rings. The van der Waals surface area contributed by atoms with E-state index in [-0.39, 0.29) is 11.3 Å². The molecule has 0 aliphatic heterocycles. The second-order valence-electron chi connectivity index (χ2n) is 6.95. The van der Waals surface area contributed by atoms with E-state index in [4.69, 9.17) is 14.2 Å². The van der Waals surface area contributed by atoms with Crippen LogP contribution in [0, 0.1) is 31.6 Å². The van der Waals surface area contributed by atoms with Crippen LogP contribution < -0.4 is 14.2 Å². The first-order valence-corrected chi connectivity index (χ1v) is 9.86. The molecule has 0 N–H and O–H groups in total. The third-order valence-electron chi connectivity index (χ3n) is 4.75. The minimum Gasteiger partial charge on any atom is -0.493 e. The number of hydrogen-bond donors (Lipinski definition) is 0. The molecular weight excluding hydrogens is 458 g/mol. The fourth-order valence-electron chi connectivity index (χ4n) is 3.11. The quantitative estimate of drug-likeness (QED) is 0.111. The van der Waals surface area contributed by atoms with Gasteiger partial charge in [-0.1, -0.05) is 12.1 Å². The number of carbonyl (C=O) groups excluding carboxylic acids is 1. The van der Waals surface area contributed by atoms with Crippen molar-refractivity contribution < 1.29 is 28.9 Å². The molecule has 0 amide bonds. The molecule has 11 heteroatoms. The lowest BCUT2D eigenvalue weighted by Crippen LogP contribution is -2.09. The van der Waals surface area contributed by atoms with Crippen molar-refractivity contribution in [2.75, 3.05) is 14.2 Å². The van der Waals surface area contributed by atoms with E-state index in [0.717, 1.165) is 18.2 Å². The van der Waals surface area contributed by atoms with Gasteiger partial charge >= 0.3 is 5.97 Å². The van der Waals surface area contributed by atoms with Gasteiger partial charge in [0, 0.05) is 12.1 Å². The van der Waals surface area contributed by atoms with E-state index in [0.29, 0.717) is 28.2 Å². The standard InChI is InChI=1S/C24H17N3O8/c1-33-22-7-6-16(12-23(22)34-2)18(14-25)8-15-4-3-5-21(9-15)35-24(28)17-10-19(26(29)30)13-20(11-17)27(31)32/h3-13H,1-2H3/b18-8-. The van der Waals surface area contributed by atoms with Crippen molar-refractivity contribution in [2.45, 2.75) is 0 Å². The van der Waals surface area contributed by atoms with Crippen LogP contribution in [0.1, 0.15) is 21.5 Å². The smallest absolute Gasteiger partial charge is 0.344 e. The SMILES string of the molecule is COc1ccc(/C(C#N)=C\c2cccc(OC(=O)c3cc([N+](=O)[O-])cc([N+](=O)[O-])c3)c2)cc1OC. The normalized spacial score (nSPS) is 10.7. The lowest BCUT2D eigenvalue weighted by atomic mass is 10.0. The summed E-state index contributed by atoms with van der Waals surface area (Å²) in [5, 5.41) is 31.8. The minimum absolute atomic E-state index is 0.0718. The Labute approximate surface area is 198 Å². The number of nitro groups is 2. The number of benzene rings is 3. The van der Waals surface area contributed by atoms with Crippen LogP contribution in [0.2, 0.25) is 0 Å². The van der Waals surface area contributed by atoms with Gasteiger partial charge in [-0.3, -0.25) is 20.2 Å². The predicted octanol–water partition coefficient (Wildman–Crippen LogP) is 4.80. The molecule has 0 saturated heterocycles. The number of ether oxygens (including phenoxy) is 3. The van der Waals surface area contributed by atoms with Gasteiger partial charge in [0.15, 0.2) is 11.5 Å². The number of nitriles is 1. The number of nitro benzene ring substituents is 2. The fraction of sp³-hybridized carbons (Fsp3) is 0.0833. The first-order valence-electron chi connectivity index (χ1n) is 9.86. The first kappa shape index (κ1) is 24.4. The van der Waals surface area contributed by atoms with Crippen LogP contribution in [0.15, 0.2) is 60.7 Å². The molecule has 11 nitrogen and oxygen atoms in total. The van der Waals surface area contributed by atoms with Crippen molar-refractivity contribution in [1.29, 1.82) is 5.26 Å². The second-order valence-corrected chi connectivity index (χ2v) is 6.95. The van der Waals surface area contributed by atoms with Crippen molar-refractivity contribution in [3.8, 4) is 23.3 Å². The zero-order valence-electron chi connectivity index (χ0n) is 18.5. The van der Waals surface area contributed by atoms with Gasteiger partial charge in [-0.05, 0) is 47.5 Å². The van der Waals surface area contributed by atoms with Crippen LogP contribution in [0.25, 0.3) is 11.6 Å². The second kappa shape index (κ2) is 10.6. The molecule has 3 aromatic rings. The van der Waals surface area contributed by atoms with Gasteiger partial charge in [0.2, 0.25) is 0 Å². The summed E-state index contributed by atoms with van der Waals surface area (Å²) in [5.74, 6) is 0.00421. The van der Waals surface area contributed by atoms with Gasteiger partial charge in [-0.25, -0.2) is 4.79 Å². The number of non-ortho nitro benzene ring substituents is 2. The maximum Gasteiger partial charge on any atom is 0.344 e. The highest BCUT2D eigenvalue weighted by molar-refractivity contribution is 5.93. The highest BCUT2D eigenvalue weighted by atomic mass is 16.6. The molecule has 0 heterocycles. The van der Waals surface area contributed by atoms with Crippen LogP contribution in [-0.2, 0) is 0 Å². The number of carbonyl (C=O) groups is 1. The molecule has 0 spiro atoms. The Morgan fingerprint density at radius 2 is 1.54 bits per heavy atom. The van der Waals surface area contributed by atoms with E-state index in [1.54, 1.807) is 36.4 Å². The van der Waals surface area contributed by atoms with Gasteiger partial charge in [0.1, 0.15) is 5.75 Å². The molecule has 35 heavy (non-hydrogen) atoms. The Balaban J connectivity index is 1.90. The molecule has 0 saturated carbocycles. The van der Waals surface area contributed by atoms with Crippen LogP contribution in [0.3, 0.4) is 0 Å². The molecule has 0 aliphatic rings. The number of hydrogen-bond acceptors (Lipinski definition) is 9. The van der Waals surface area contributed by atoms with E-state index in [1.165, 1.54) is 26.4 Å². The summed E-state index contributed by atoms with van der Waals surface area (Å²) in [6, 6.07) is 15.8. The van der Waals surface area contributed by atoms with E-state index in [2.05, 4.69) is 6.07 Å². The molecule has 0 atom stereocenters. The predicted molar refractivity (Wildman–Crippen MR) is 124 cm³/mol. The molecule has 0 unspecified atom stereocenters. The topological polar surface area (TPSA) is 155 Å². The summed E-state index contributed by atoms with van der Waals surface area (Å²) in [4.78, 5) is 33.0. The average Bonchev–Trinajstić information content (AvgIpc) is 2.86. The molecule has 0 bridgehead atoms. The third kappa shape index (κ3) is 5.77. The summed E-state index contributed by atoms with van der Waals surface area (Å²) < 4.78 is 15.7. The summed E-state index contributed by atoms with van der Waals surface area (Å²) in [5.41, 5.74) is -0.199. The molecule has 3 aromatic carbocycles. The van der Waals surface area contributed by atoms with Crippen molar-refractivity contribution >= 4 is 29.0 Å². The van der Waals surface area contributed by atoms with Gasteiger partial charge in [-0.15, -0.1) is 0 Å². The molecule has 0 aliphatic carbocycles. The Hall–Kier alpha value is -5.24.